The molecule has 0 spiro atoms. The van der Waals surface area contributed by atoms with Gasteiger partial charge in [-0.05, 0) is 37.5 Å². The van der Waals surface area contributed by atoms with Crippen LogP contribution in [0, 0.1) is 0 Å². The van der Waals surface area contributed by atoms with Crippen molar-refractivity contribution < 1.29 is 13.2 Å². The Bertz CT molecular complexity index is 529. The third-order valence-corrected chi connectivity index (χ3v) is 4.87. The molecule has 0 aliphatic heterocycles. The lowest BCUT2D eigenvalue weighted by Gasteiger charge is -2.21. The molecular formula is C15H23NO3S. The van der Waals surface area contributed by atoms with Crippen LogP contribution in [0.2, 0.25) is 0 Å². The molecule has 0 aliphatic carbocycles. The van der Waals surface area contributed by atoms with Crippen LogP contribution in [-0.4, -0.2) is 31.6 Å². The van der Waals surface area contributed by atoms with Crippen molar-refractivity contribution in [1.29, 1.82) is 0 Å². The Hall–Kier alpha value is -1.20. The van der Waals surface area contributed by atoms with Crippen molar-refractivity contribution in [3.63, 3.8) is 0 Å². The van der Waals surface area contributed by atoms with E-state index in [4.69, 9.17) is 0 Å². The van der Waals surface area contributed by atoms with Crippen LogP contribution in [0.25, 0.3) is 0 Å². The van der Waals surface area contributed by atoms with Gasteiger partial charge in [-0.15, -0.1) is 0 Å². The van der Waals surface area contributed by atoms with Gasteiger partial charge in [0.1, 0.15) is 5.78 Å². The molecule has 0 saturated heterocycles. The molecule has 0 aromatic heterocycles. The molecule has 0 N–H and O–H groups in total. The molecule has 0 atom stereocenters. The van der Waals surface area contributed by atoms with Crippen LogP contribution in [0.5, 0.6) is 0 Å². The lowest BCUT2D eigenvalue weighted by Crippen LogP contribution is -2.32. The quantitative estimate of drug-likeness (QED) is 0.741. The molecule has 1 rings (SSSR count). The van der Waals surface area contributed by atoms with Gasteiger partial charge in [-0.3, -0.25) is 4.79 Å². The molecule has 0 fully saturated rings. The molecule has 0 heterocycles. The molecule has 0 unspecified atom stereocenters. The highest BCUT2D eigenvalue weighted by Crippen LogP contribution is 2.17. The summed E-state index contributed by atoms with van der Waals surface area (Å²) in [5.74, 6) is 0.0687. The molecule has 0 amide bonds. The summed E-state index contributed by atoms with van der Waals surface area (Å²) in [6.45, 7) is 6.52. The van der Waals surface area contributed by atoms with E-state index in [1.165, 1.54) is 11.2 Å². The lowest BCUT2D eigenvalue weighted by atomic mass is 10.1. The van der Waals surface area contributed by atoms with Crippen molar-refractivity contribution in [2.24, 2.45) is 0 Å². The first-order valence-electron chi connectivity index (χ1n) is 7.00. The van der Waals surface area contributed by atoms with Gasteiger partial charge in [-0.25, -0.2) is 8.42 Å². The Morgan fingerprint density at radius 2 is 1.55 bits per heavy atom. The summed E-state index contributed by atoms with van der Waals surface area (Å²) in [4.78, 5) is 11.3. The third-order valence-electron chi connectivity index (χ3n) is 2.96. The van der Waals surface area contributed by atoms with E-state index in [1.807, 2.05) is 13.8 Å². The molecule has 20 heavy (non-hydrogen) atoms. The van der Waals surface area contributed by atoms with Crippen molar-refractivity contribution in [1.82, 2.24) is 4.31 Å². The third kappa shape index (κ3) is 4.42. The maximum absolute atomic E-state index is 12.5. The highest BCUT2D eigenvalue weighted by Gasteiger charge is 2.22. The second kappa shape index (κ2) is 7.55. The van der Waals surface area contributed by atoms with E-state index in [9.17, 15) is 13.2 Å². The van der Waals surface area contributed by atoms with Crippen molar-refractivity contribution in [2.45, 2.75) is 44.9 Å². The van der Waals surface area contributed by atoms with Crippen molar-refractivity contribution in [2.75, 3.05) is 13.1 Å². The Labute approximate surface area is 121 Å². The maximum atomic E-state index is 12.5. The molecule has 0 radical (unpaired) electrons. The van der Waals surface area contributed by atoms with Crippen LogP contribution >= 0.6 is 0 Å². The molecule has 1 aromatic rings. The van der Waals surface area contributed by atoms with Crippen LogP contribution in [0.15, 0.2) is 29.2 Å². The molecule has 0 bridgehead atoms. The first-order valence-corrected chi connectivity index (χ1v) is 8.44. The van der Waals surface area contributed by atoms with E-state index in [0.29, 0.717) is 24.4 Å². The van der Waals surface area contributed by atoms with E-state index in [0.717, 1.165) is 18.4 Å². The molecule has 4 nitrogen and oxygen atoms in total. The zero-order chi connectivity index (χ0) is 15.2. The zero-order valence-electron chi connectivity index (χ0n) is 12.4. The minimum Gasteiger partial charge on any atom is -0.300 e. The summed E-state index contributed by atoms with van der Waals surface area (Å²) in [6.07, 6.45) is 1.93. The first-order chi connectivity index (χ1) is 9.41. The van der Waals surface area contributed by atoms with Crippen molar-refractivity contribution in [3.8, 4) is 0 Å². The van der Waals surface area contributed by atoms with Gasteiger partial charge in [0, 0.05) is 19.5 Å². The van der Waals surface area contributed by atoms with E-state index >= 15 is 0 Å². The standard InChI is InChI=1S/C15H23NO3S/c1-4-10-16(11-5-2)20(18,19)15-8-6-14(7-9-15)12-13(3)17/h6-9H,4-5,10-12H2,1-3H3. The average molecular weight is 297 g/mol. The Kier molecular flexibility index (Phi) is 6.36. The van der Waals surface area contributed by atoms with E-state index in [-0.39, 0.29) is 5.78 Å². The predicted octanol–water partition coefficient (Wildman–Crippen LogP) is 2.63. The summed E-state index contributed by atoms with van der Waals surface area (Å²) in [6, 6.07) is 6.60. The summed E-state index contributed by atoms with van der Waals surface area (Å²) >= 11 is 0. The number of benzene rings is 1. The molecular weight excluding hydrogens is 274 g/mol. The molecule has 0 aliphatic rings. The summed E-state index contributed by atoms with van der Waals surface area (Å²) in [5.41, 5.74) is 0.842. The number of ketones is 1. The minimum absolute atomic E-state index is 0.0687. The second-order valence-corrected chi connectivity index (χ2v) is 6.86. The minimum atomic E-state index is -3.42. The van der Waals surface area contributed by atoms with Gasteiger partial charge in [0.15, 0.2) is 0 Å². The Morgan fingerprint density at radius 3 is 1.95 bits per heavy atom. The van der Waals surface area contributed by atoms with Crippen LogP contribution in [0.1, 0.15) is 39.2 Å². The highest BCUT2D eigenvalue weighted by molar-refractivity contribution is 7.89. The van der Waals surface area contributed by atoms with Crippen LogP contribution in [0.3, 0.4) is 0 Å². The van der Waals surface area contributed by atoms with Crippen molar-refractivity contribution >= 4 is 15.8 Å². The van der Waals surface area contributed by atoms with Crippen molar-refractivity contribution in [3.05, 3.63) is 29.8 Å². The van der Waals surface area contributed by atoms with E-state index in [2.05, 4.69) is 0 Å². The number of hydrogen-bond acceptors (Lipinski definition) is 3. The highest BCUT2D eigenvalue weighted by atomic mass is 32.2. The van der Waals surface area contributed by atoms with E-state index < -0.39 is 10.0 Å². The Balaban J connectivity index is 2.98. The average Bonchev–Trinajstić information content (AvgIpc) is 2.38. The number of Topliss-reactive ketones (excluding diaryl/α,β-unsaturated/α-hetero) is 1. The van der Waals surface area contributed by atoms with Gasteiger partial charge < -0.3 is 0 Å². The molecule has 5 heteroatoms. The molecule has 1 aromatic carbocycles. The molecule has 0 saturated carbocycles. The fourth-order valence-electron chi connectivity index (χ4n) is 2.07. The van der Waals surface area contributed by atoms with Gasteiger partial charge in [0.2, 0.25) is 10.0 Å². The summed E-state index contributed by atoms with van der Waals surface area (Å²) in [7, 11) is -3.42. The van der Waals surface area contributed by atoms with Gasteiger partial charge in [0.25, 0.3) is 0 Å². The Morgan fingerprint density at radius 1 is 1.05 bits per heavy atom. The largest absolute Gasteiger partial charge is 0.300 e. The fourth-order valence-corrected chi connectivity index (χ4v) is 3.69. The molecule has 112 valence electrons. The monoisotopic (exact) mass is 297 g/mol. The number of carbonyl (C=O) groups is 1. The maximum Gasteiger partial charge on any atom is 0.243 e. The normalized spacial score (nSPS) is 11.8. The number of hydrogen-bond donors (Lipinski definition) is 0. The van der Waals surface area contributed by atoms with Crippen LogP contribution in [-0.2, 0) is 21.2 Å². The van der Waals surface area contributed by atoms with Gasteiger partial charge in [-0.1, -0.05) is 26.0 Å². The van der Waals surface area contributed by atoms with E-state index in [1.54, 1.807) is 24.3 Å². The lowest BCUT2D eigenvalue weighted by molar-refractivity contribution is -0.116. The number of carbonyl (C=O) groups excluding carboxylic acids is 1. The van der Waals surface area contributed by atoms with Gasteiger partial charge in [-0.2, -0.15) is 4.31 Å². The number of rotatable bonds is 8. The number of sulfonamides is 1. The SMILES string of the molecule is CCCN(CCC)S(=O)(=O)c1ccc(CC(C)=O)cc1. The predicted molar refractivity (Wildman–Crippen MR) is 80.2 cm³/mol. The second-order valence-electron chi connectivity index (χ2n) is 4.93. The number of nitrogens with zero attached hydrogens (tertiary/aromatic N) is 1. The topological polar surface area (TPSA) is 54.5 Å². The zero-order valence-corrected chi connectivity index (χ0v) is 13.2. The summed E-state index contributed by atoms with van der Waals surface area (Å²) in [5, 5.41) is 0. The van der Waals surface area contributed by atoms with Gasteiger partial charge in [0.05, 0.1) is 4.90 Å². The first kappa shape index (κ1) is 16.9. The summed E-state index contributed by atoms with van der Waals surface area (Å²) < 4.78 is 26.5. The van der Waals surface area contributed by atoms with Crippen LogP contribution < -0.4 is 0 Å². The fraction of sp³-hybridized carbons (Fsp3) is 0.533. The van der Waals surface area contributed by atoms with Crippen LogP contribution in [0.4, 0.5) is 0 Å². The van der Waals surface area contributed by atoms with Gasteiger partial charge >= 0.3 is 0 Å². The smallest absolute Gasteiger partial charge is 0.243 e.